The molecule has 2 unspecified atom stereocenters. The summed E-state index contributed by atoms with van der Waals surface area (Å²) >= 11 is 0. The summed E-state index contributed by atoms with van der Waals surface area (Å²) in [4.78, 5) is 0. The molecule has 0 radical (unpaired) electrons. The van der Waals surface area contributed by atoms with Gasteiger partial charge >= 0.3 is 0 Å². The normalized spacial score (nSPS) is 43.4. The Bertz CT molecular complexity index is 274. The first kappa shape index (κ1) is 13.9. The first-order valence-electron chi connectivity index (χ1n) is 8.87. The molecule has 0 spiro atoms. The van der Waals surface area contributed by atoms with Gasteiger partial charge in [0, 0.05) is 12.1 Å². The molecular weight excluding hydrogens is 230 g/mol. The van der Waals surface area contributed by atoms with Crippen molar-refractivity contribution in [1.29, 1.82) is 0 Å². The lowest BCUT2D eigenvalue weighted by Gasteiger charge is -2.59. The molecule has 110 valence electrons. The Labute approximate surface area is 119 Å². The van der Waals surface area contributed by atoms with Crippen molar-refractivity contribution >= 4 is 0 Å². The molecule has 4 rings (SSSR count). The molecular formula is C18H33N. The highest BCUT2D eigenvalue weighted by molar-refractivity contribution is 5.05. The van der Waals surface area contributed by atoms with Gasteiger partial charge in [-0.15, -0.1) is 0 Å². The van der Waals surface area contributed by atoms with E-state index in [0.717, 1.165) is 23.8 Å². The van der Waals surface area contributed by atoms with E-state index in [1.165, 1.54) is 38.5 Å². The number of nitrogens with one attached hydrogen (secondary N) is 1. The topological polar surface area (TPSA) is 12.0 Å². The minimum absolute atomic E-state index is 0.676. The number of rotatable bonds is 6. The molecule has 4 aliphatic rings. The van der Waals surface area contributed by atoms with Crippen LogP contribution in [0.3, 0.4) is 0 Å². The zero-order valence-corrected chi connectivity index (χ0v) is 13.3. The van der Waals surface area contributed by atoms with Gasteiger partial charge in [-0.05, 0) is 82.0 Å². The molecule has 0 aliphatic heterocycles. The van der Waals surface area contributed by atoms with Crippen molar-refractivity contribution in [3.63, 3.8) is 0 Å². The summed E-state index contributed by atoms with van der Waals surface area (Å²) < 4.78 is 0. The van der Waals surface area contributed by atoms with Crippen molar-refractivity contribution in [2.45, 2.75) is 90.6 Å². The van der Waals surface area contributed by atoms with Gasteiger partial charge in [-0.3, -0.25) is 0 Å². The van der Waals surface area contributed by atoms with Crippen LogP contribution < -0.4 is 5.32 Å². The van der Waals surface area contributed by atoms with Crippen LogP contribution in [-0.4, -0.2) is 12.1 Å². The van der Waals surface area contributed by atoms with Gasteiger partial charge < -0.3 is 5.32 Å². The van der Waals surface area contributed by atoms with Crippen LogP contribution in [0.15, 0.2) is 0 Å². The monoisotopic (exact) mass is 263 g/mol. The number of hydrogen-bond donors (Lipinski definition) is 1. The predicted molar refractivity (Wildman–Crippen MR) is 82.2 cm³/mol. The summed E-state index contributed by atoms with van der Waals surface area (Å²) in [6.07, 6.45) is 13.4. The van der Waals surface area contributed by atoms with Crippen LogP contribution >= 0.6 is 0 Å². The lowest BCUT2D eigenvalue weighted by Crippen LogP contribution is -2.56. The molecule has 19 heavy (non-hydrogen) atoms. The van der Waals surface area contributed by atoms with E-state index in [1.807, 2.05) is 0 Å². The fourth-order valence-corrected chi connectivity index (χ4v) is 5.91. The summed E-state index contributed by atoms with van der Waals surface area (Å²) in [5.41, 5.74) is 0.676. The maximum Gasteiger partial charge on any atom is 0.00979 e. The second-order valence-corrected chi connectivity index (χ2v) is 8.21. The first-order chi connectivity index (χ1) is 9.11. The SMILES string of the molecule is CCCCC(C)NC(C)C12CC3CC(CC(C3)C1)C2. The van der Waals surface area contributed by atoms with Crippen molar-refractivity contribution in [2.75, 3.05) is 0 Å². The van der Waals surface area contributed by atoms with Crippen molar-refractivity contribution < 1.29 is 0 Å². The quantitative estimate of drug-likeness (QED) is 0.728. The fraction of sp³-hybridized carbons (Fsp3) is 1.00. The highest BCUT2D eigenvalue weighted by Gasteiger charge is 2.53. The average molecular weight is 263 g/mol. The summed E-state index contributed by atoms with van der Waals surface area (Å²) in [7, 11) is 0. The number of hydrogen-bond acceptors (Lipinski definition) is 1. The van der Waals surface area contributed by atoms with Gasteiger partial charge in [-0.25, -0.2) is 0 Å². The van der Waals surface area contributed by atoms with Crippen molar-refractivity contribution in [3.8, 4) is 0 Å². The molecule has 0 saturated heterocycles. The van der Waals surface area contributed by atoms with Crippen LogP contribution in [0, 0.1) is 23.2 Å². The van der Waals surface area contributed by atoms with E-state index in [0.29, 0.717) is 11.5 Å². The largest absolute Gasteiger partial charge is 0.311 e. The molecule has 4 aliphatic carbocycles. The third-order valence-corrected chi connectivity index (χ3v) is 6.53. The molecule has 2 atom stereocenters. The van der Waals surface area contributed by atoms with Gasteiger partial charge in [0.25, 0.3) is 0 Å². The van der Waals surface area contributed by atoms with Gasteiger partial charge in [0.15, 0.2) is 0 Å². The molecule has 4 saturated carbocycles. The molecule has 1 heteroatoms. The van der Waals surface area contributed by atoms with Crippen LogP contribution in [-0.2, 0) is 0 Å². The lowest BCUT2D eigenvalue weighted by molar-refractivity contribution is -0.0719. The van der Waals surface area contributed by atoms with Crippen LogP contribution in [0.1, 0.15) is 78.6 Å². The van der Waals surface area contributed by atoms with Crippen LogP contribution in [0.25, 0.3) is 0 Å². The Morgan fingerprint density at radius 1 is 1.00 bits per heavy atom. The van der Waals surface area contributed by atoms with Gasteiger partial charge in [-0.2, -0.15) is 0 Å². The average Bonchev–Trinajstić information content (AvgIpc) is 2.34. The maximum absolute atomic E-state index is 3.97. The molecule has 0 heterocycles. The summed E-state index contributed by atoms with van der Waals surface area (Å²) in [6.45, 7) is 7.19. The first-order valence-corrected chi connectivity index (χ1v) is 8.87. The fourth-order valence-electron chi connectivity index (χ4n) is 5.91. The Kier molecular flexibility index (Phi) is 3.95. The summed E-state index contributed by atoms with van der Waals surface area (Å²) in [5.74, 6) is 3.25. The van der Waals surface area contributed by atoms with Gasteiger partial charge in [0.05, 0.1) is 0 Å². The number of unbranched alkanes of at least 4 members (excludes halogenated alkanes) is 1. The van der Waals surface area contributed by atoms with E-state index >= 15 is 0 Å². The van der Waals surface area contributed by atoms with E-state index in [4.69, 9.17) is 0 Å². The van der Waals surface area contributed by atoms with Gasteiger partial charge in [0.1, 0.15) is 0 Å². The van der Waals surface area contributed by atoms with Gasteiger partial charge in [0.2, 0.25) is 0 Å². The Morgan fingerprint density at radius 2 is 1.53 bits per heavy atom. The van der Waals surface area contributed by atoms with E-state index in [2.05, 4.69) is 26.1 Å². The second kappa shape index (κ2) is 5.39. The maximum atomic E-state index is 3.97. The third-order valence-electron chi connectivity index (χ3n) is 6.53. The zero-order valence-electron chi connectivity index (χ0n) is 13.3. The highest BCUT2D eigenvalue weighted by atomic mass is 15.0. The highest BCUT2D eigenvalue weighted by Crippen LogP contribution is 2.61. The zero-order chi connectivity index (χ0) is 13.5. The smallest absolute Gasteiger partial charge is 0.00979 e. The summed E-state index contributed by atoms with van der Waals surface area (Å²) in [5, 5.41) is 3.97. The van der Waals surface area contributed by atoms with Crippen molar-refractivity contribution in [2.24, 2.45) is 23.2 Å². The Morgan fingerprint density at radius 3 is 2.00 bits per heavy atom. The molecule has 4 fully saturated rings. The molecule has 0 aromatic heterocycles. The van der Waals surface area contributed by atoms with Crippen molar-refractivity contribution in [1.82, 2.24) is 5.32 Å². The standard InChI is InChI=1S/C18H33N/c1-4-5-6-13(2)19-14(3)18-10-15-7-16(11-18)9-17(8-15)12-18/h13-17,19H,4-12H2,1-3H3. The van der Waals surface area contributed by atoms with E-state index in [9.17, 15) is 0 Å². The molecule has 0 amide bonds. The lowest BCUT2D eigenvalue weighted by atomic mass is 9.48. The molecule has 1 N–H and O–H groups in total. The minimum Gasteiger partial charge on any atom is -0.311 e. The molecule has 0 aromatic rings. The Hall–Kier alpha value is -0.0400. The van der Waals surface area contributed by atoms with Crippen LogP contribution in [0.2, 0.25) is 0 Å². The molecule has 4 bridgehead atoms. The summed E-state index contributed by atoms with van der Waals surface area (Å²) in [6, 6.07) is 1.45. The van der Waals surface area contributed by atoms with Crippen LogP contribution in [0.4, 0.5) is 0 Å². The van der Waals surface area contributed by atoms with E-state index in [-0.39, 0.29) is 0 Å². The Balaban J connectivity index is 1.61. The van der Waals surface area contributed by atoms with Crippen molar-refractivity contribution in [3.05, 3.63) is 0 Å². The minimum atomic E-state index is 0.676. The second-order valence-electron chi connectivity index (χ2n) is 8.21. The van der Waals surface area contributed by atoms with Crippen LogP contribution in [0.5, 0.6) is 0 Å². The third kappa shape index (κ3) is 2.73. The predicted octanol–water partition coefficient (Wildman–Crippen LogP) is 4.76. The van der Waals surface area contributed by atoms with E-state index in [1.54, 1.807) is 19.3 Å². The molecule has 0 aromatic carbocycles. The van der Waals surface area contributed by atoms with Gasteiger partial charge in [-0.1, -0.05) is 19.8 Å². The molecule has 1 nitrogen and oxygen atoms in total. The van der Waals surface area contributed by atoms with E-state index < -0.39 is 0 Å².